The highest BCUT2D eigenvalue weighted by molar-refractivity contribution is 6.29. The Kier molecular flexibility index (Phi) is 4.07. The van der Waals surface area contributed by atoms with Crippen molar-refractivity contribution in [1.29, 1.82) is 0 Å². The number of halogens is 1. The van der Waals surface area contributed by atoms with E-state index in [2.05, 4.69) is 14.9 Å². The lowest BCUT2D eigenvalue weighted by atomic mass is 10.3. The van der Waals surface area contributed by atoms with E-state index < -0.39 is 5.97 Å². The van der Waals surface area contributed by atoms with Gasteiger partial charge in [0, 0.05) is 6.08 Å². The summed E-state index contributed by atoms with van der Waals surface area (Å²) in [4.78, 5) is 10.9. The van der Waals surface area contributed by atoms with E-state index in [-0.39, 0.29) is 0 Å². The molecule has 5 heteroatoms. The van der Waals surface area contributed by atoms with Gasteiger partial charge in [-0.2, -0.15) is 0 Å². The van der Waals surface area contributed by atoms with Crippen LogP contribution in [-0.4, -0.2) is 22.8 Å². The van der Waals surface area contributed by atoms with Gasteiger partial charge in [0.2, 0.25) is 0 Å². The summed E-state index contributed by atoms with van der Waals surface area (Å²) in [7, 11) is 0. The lowest BCUT2D eigenvalue weighted by Crippen LogP contribution is -1.98. The quantitative estimate of drug-likeness (QED) is 0.565. The van der Waals surface area contributed by atoms with Gasteiger partial charge in [-0.1, -0.05) is 11.6 Å². The number of carbonyl (C=O) groups is 1. The average Bonchev–Trinajstić information content (AvgIpc) is 2.17. The first-order valence-electron chi connectivity index (χ1n) is 4.06. The van der Waals surface area contributed by atoms with Gasteiger partial charge in [-0.15, -0.1) is 10.2 Å². The van der Waals surface area contributed by atoms with Gasteiger partial charge in [0.15, 0.2) is 5.15 Å². The van der Waals surface area contributed by atoms with Crippen LogP contribution in [0.2, 0.25) is 5.15 Å². The molecule has 1 rings (SSSR count). The Morgan fingerprint density at radius 1 is 1.57 bits per heavy atom. The first-order chi connectivity index (χ1) is 6.72. The van der Waals surface area contributed by atoms with Crippen molar-refractivity contribution >= 4 is 23.6 Å². The summed E-state index contributed by atoms with van der Waals surface area (Å²) in [6.07, 6.45) is 2.81. The second kappa shape index (κ2) is 5.34. The highest BCUT2D eigenvalue weighted by Gasteiger charge is 1.95. The van der Waals surface area contributed by atoms with Crippen molar-refractivity contribution in [3.63, 3.8) is 0 Å². The van der Waals surface area contributed by atoms with E-state index >= 15 is 0 Å². The molecule has 1 heterocycles. The van der Waals surface area contributed by atoms with E-state index in [1.54, 1.807) is 19.1 Å². The maximum atomic E-state index is 10.9. The summed E-state index contributed by atoms with van der Waals surface area (Å²) in [5.41, 5.74) is 0.558. The fourth-order valence-corrected chi connectivity index (χ4v) is 0.860. The van der Waals surface area contributed by atoms with Crippen LogP contribution in [0.15, 0.2) is 18.2 Å². The van der Waals surface area contributed by atoms with Gasteiger partial charge in [-0.05, 0) is 25.1 Å². The highest BCUT2D eigenvalue weighted by Crippen LogP contribution is 2.03. The molecule has 14 heavy (non-hydrogen) atoms. The molecule has 0 amide bonds. The van der Waals surface area contributed by atoms with Crippen molar-refractivity contribution < 1.29 is 9.53 Å². The number of aromatic nitrogens is 2. The number of carbonyl (C=O) groups excluding carboxylic acids is 1. The molecule has 0 fully saturated rings. The molecule has 0 aliphatic carbocycles. The van der Waals surface area contributed by atoms with Crippen LogP contribution in [0, 0.1) is 0 Å². The van der Waals surface area contributed by atoms with Crippen molar-refractivity contribution in [3.8, 4) is 0 Å². The van der Waals surface area contributed by atoms with E-state index in [9.17, 15) is 4.79 Å². The monoisotopic (exact) mass is 212 g/mol. The second-order valence-electron chi connectivity index (χ2n) is 2.37. The van der Waals surface area contributed by atoms with E-state index in [0.29, 0.717) is 17.5 Å². The van der Waals surface area contributed by atoms with Crippen LogP contribution in [0.4, 0.5) is 0 Å². The molecular formula is C9H9ClN2O2. The molecule has 0 aliphatic heterocycles. The van der Waals surface area contributed by atoms with Gasteiger partial charge in [0.25, 0.3) is 0 Å². The smallest absolute Gasteiger partial charge is 0.330 e. The third-order valence-corrected chi connectivity index (χ3v) is 1.53. The summed E-state index contributed by atoms with van der Waals surface area (Å²) in [6, 6.07) is 3.25. The zero-order valence-corrected chi connectivity index (χ0v) is 8.36. The van der Waals surface area contributed by atoms with Crippen LogP contribution >= 0.6 is 11.6 Å². The molecule has 0 saturated carbocycles. The van der Waals surface area contributed by atoms with Gasteiger partial charge >= 0.3 is 5.97 Å². The zero-order valence-electron chi connectivity index (χ0n) is 7.61. The molecule has 0 bridgehead atoms. The zero-order chi connectivity index (χ0) is 10.4. The maximum Gasteiger partial charge on any atom is 0.330 e. The summed E-state index contributed by atoms with van der Waals surface area (Å²) in [5.74, 6) is -0.399. The van der Waals surface area contributed by atoms with Crippen LogP contribution in [-0.2, 0) is 9.53 Å². The Balaban J connectivity index is 2.60. The maximum absolute atomic E-state index is 10.9. The minimum absolute atomic E-state index is 0.318. The summed E-state index contributed by atoms with van der Waals surface area (Å²) >= 11 is 5.53. The Labute approximate surface area is 86.6 Å². The van der Waals surface area contributed by atoms with Gasteiger partial charge in [-0.3, -0.25) is 0 Å². The second-order valence-corrected chi connectivity index (χ2v) is 2.75. The van der Waals surface area contributed by atoms with Gasteiger partial charge in [0.05, 0.1) is 12.3 Å². The van der Waals surface area contributed by atoms with Crippen molar-refractivity contribution in [2.45, 2.75) is 6.92 Å². The standard InChI is InChI=1S/C9H9ClN2O2/c1-2-14-9(13)6-4-7-3-5-8(10)12-11-7/h3-6H,2H2,1H3/b6-4+. The molecule has 0 spiro atoms. The average molecular weight is 213 g/mol. The highest BCUT2D eigenvalue weighted by atomic mass is 35.5. The molecule has 0 atom stereocenters. The van der Waals surface area contributed by atoms with Gasteiger partial charge in [0.1, 0.15) is 0 Å². The van der Waals surface area contributed by atoms with Crippen molar-refractivity contribution in [1.82, 2.24) is 10.2 Å². The van der Waals surface area contributed by atoms with E-state index in [1.807, 2.05) is 0 Å². The Morgan fingerprint density at radius 3 is 2.93 bits per heavy atom. The molecule has 74 valence electrons. The number of hydrogen-bond acceptors (Lipinski definition) is 4. The predicted molar refractivity (Wildman–Crippen MR) is 52.7 cm³/mol. The third-order valence-electron chi connectivity index (χ3n) is 1.33. The molecule has 4 nitrogen and oxygen atoms in total. The normalized spacial score (nSPS) is 10.4. The molecule has 0 unspecified atom stereocenters. The fourth-order valence-electron chi connectivity index (χ4n) is 0.759. The Bertz CT molecular complexity index is 335. The van der Waals surface area contributed by atoms with Crippen molar-refractivity contribution in [2.75, 3.05) is 6.61 Å². The molecule has 1 aromatic rings. The molecule has 0 saturated heterocycles. The predicted octanol–water partition coefficient (Wildman–Crippen LogP) is 1.71. The number of rotatable bonds is 3. The molecule has 0 aliphatic rings. The molecule has 1 aromatic heterocycles. The number of esters is 1. The first kappa shape index (κ1) is 10.7. The van der Waals surface area contributed by atoms with Gasteiger partial charge < -0.3 is 4.74 Å². The molecule has 0 radical (unpaired) electrons. The van der Waals surface area contributed by atoms with Crippen LogP contribution in [0.5, 0.6) is 0 Å². The van der Waals surface area contributed by atoms with Crippen LogP contribution in [0.3, 0.4) is 0 Å². The summed E-state index contributed by atoms with van der Waals surface area (Å²) < 4.78 is 4.69. The van der Waals surface area contributed by atoms with Crippen LogP contribution < -0.4 is 0 Å². The minimum atomic E-state index is -0.399. The first-order valence-corrected chi connectivity index (χ1v) is 4.44. The number of ether oxygens (including phenoxy) is 1. The largest absolute Gasteiger partial charge is 0.463 e. The molecular weight excluding hydrogens is 204 g/mol. The summed E-state index contributed by atoms with van der Waals surface area (Å²) in [5, 5.41) is 7.67. The number of hydrogen-bond donors (Lipinski definition) is 0. The lowest BCUT2D eigenvalue weighted by Gasteiger charge is -1.94. The van der Waals surface area contributed by atoms with E-state index in [0.717, 1.165) is 0 Å². The van der Waals surface area contributed by atoms with Crippen molar-refractivity contribution in [3.05, 3.63) is 29.1 Å². The van der Waals surface area contributed by atoms with E-state index in [1.165, 1.54) is 12.2 Å². The SMILES string of the molecule is CCOC(=O)/C=C/c1ccc(Cl)nn1. The Morgan fingerprint density at radius 2 is 2.36 bits per heavy atom. The summed E-state index contributed by atoms with van der Waals surface area (Å²) in [6.45, 7) is 2.10. The number of nitrogens with zero attached hydrogens (tertiary/aromatic N) is 2. The lowest BCUT2D eigenvalue weighted by molar-refractivity contribution is -0.137. The van der Waals surface area contributed by atoms with Gasteiger partial charge in [-0.25, -0.2) is 4.79 Å². The van der Waals surface area contributed by atoms with E-state index in [4.69, 9.17) is 11.6 Å². The Hall–Kier alpha value is -1.42. The topological polar surface area (TPSA) is 52.1 Å². The fraction of sp³-hybridized carbons (Fsp3) is 0.222. The third kappa shape index (κ3) is 3.53. The molecule has 0 N–H and O–H groups in total. The molecule has 0 aromatic carbocycles. The van der Waals surface area contributed by atoms with Crippen LogP contribution in [0.25, 0.3) is 6.08 Å². The van der Waals surface area contributed by atoms with Crippen LogP contribution in [0.1, 0.15) is 12.6 Å². The van der Waals surface area contributed by atoms with Crippen molar-refractivity contribution in [2.24, 2.45) is 0 Å². The minimum Gasteiger partial charge on any atom is -0.463 e.